The molecule has 0 aliphatic heterocycles. The molecular weight excluding hydrogens is 228 g/mol. The third-order valence-corrected chi connectivity index (χ3v) is 2.58. The zero-order chi connectivity index (χ0) is 13.2. The van der Waals surface area contributed by atoms with Crippen molar-refractivity contribution in [1.82, 2.24) is 0 Å². The zero-order valence-corrected chi connectivity index (χ0v) is 10.8. The van der Waals surface area contributed by atoms with Gasteiger partial charge in [0.1, 0.15) is 5.75 Å². The highest BCUT2D eigenvalue weighted by Crippen LogP contribution is 2.14. The van der Waals surface area contributed by atoms with Gasteiger partial charge in [-0.05, 0) is 50.3 Å². The minimum atomic E-state index is -0.874. The second-order valence-corrected chi connectivity index (χ2v) is 4.06. The highest BCUT2D eigenvalue weighted by Gasteiger charge is 1.95. The van der Waals surface area contributed by atoms with E-state index in [0.717, 1.165) is 31.4 Å². The van der Waals surface area contributed by atoms with Crippen LogP contribution in [0.1, 0.15) is 31.7 Å². The van der Waals surface area contributed by atoms with Crippen molar-refractivity contribution in [3.63, 3.8) is 0 Å². The lowest BCUT2D eigenvalue weighted by atomic mass is 10.1. The molecule has 3 heteroatoms. The van der Waals surface area contributed by atoms with Crippen LogP contribution in [0.4, 0.5) is 0 Å². The highest BCUT2D eigenvalue weighted by atomic mass is 16.5. The zero-order valence-electron chi connectivity index (χ0n) is 10.8. The smallest absolute Gasteiger partial charge is 0.327 e. The Morgan fingerprint density at radius 3 is 2.61 bits per heavy atom. The maximum atomic E-state index is 10.2. The molecule has 0 aliphatic rings. The summed E-state index contributed by atoms with van der Waals surface area (Å²) >= 11 is 0. The normalized spacial score (nSPS) is 10.7. The van der Waals surface area contributed by atoms with Gasteiger partial charge in [0.25, 0.3) is 0 Å². The fourth-order valence-corrected chi connectivity index (χ4v) is 1.69. The van der Waals surface area contributed by atoms with Gasteiger partial charge in [0.05, 0.1) is 6.61 Å². The number of ether oxygens (including phenoxy) is 1. The van der Waals surface area contributed by atoms with Crippen LogP contribution in [-0.2, 0) is 11.2 Å². The molecule has 0 unspecified atom stereocenters. The number of aliphatic carboxylic acids is 1. The van der Waals surface area contributed by atoms with E-state index in [9.17, 15) is 4.79 Å². The van der Waals surface area contributed by atoms with Crippen molar-refractivity contribution in [1.29, 1.82) is 0 Å². The minimum Gasteiger partial charge on any atom is -0.494 e. The average Bonchev–Trinajstić information content (AvgIpc) is 2.35. The number of rotatable bonds is 8. The van der Waals surface area contributed by atoms with Crippen molar-refractivity contribution < 1.29 is 14.6 Å². The van der Waals surface area contributed by atoms with E-state index in [1.165, 1.54) is 11.6 Å². The van der Waals surface area contributed by atoms with Gasteiger partial charge in [-0.25, -0.2) is 4.79 Å². The Balaban J connectivity index is 2.21. The fraction of sp³-hybridized carbons (Fsp3) is 0.400. The predicted molar refractivity (Wildman–Crippen MR) is 71.9 cm³/mol. The summed E-state index contributed by atoms with van der Waals surface area (Å²) in [4.78, 5) is 10.2. The number of carbonyl (C=O) groups is 1. The predicted octanol–water partition coefficient (Wildman–Crippen LogP) is 3.44. The van der Waals surface area contributed by atoms with Crippen LogP contribution in [0.5, 0.6) is 5.75 Å². The molecule has 0 aliphatic carbocycles. The van der Waals surface area contributed by atoms with Crippen LogP contribution in [-0.4, -0.2) is 17.7 Å². The Hall–Kier alpha value is -1.77. The van der Waals surface area contributed by atoms with Crippen molar-refractivity contribution in [2.24, 2.45) is 0 Å². The SMILES string of the molecule is CCOc1ccc(CCCCC=CC(=O)O)cc1. The van der Waals surface area contributed by atoms with E-state index in [2.05, 4.69) is 12.1 Å². The summed E-state index contributed by atoms with van der Waals surface area (Å²) in [6, 6.07) is 8.14. The van der Waals surface area contributed by atoms with Crippen molar-refractivity contribution in [3.8, 4) is 5.75 Å². The van der Waals surface area contributed by atoms with Crippen LogP contribution < -0.4 is 4.74 Å². The molecule has 0 amide bonds. The van der Waals surface area contributed by atoms with Gasteiger partial charge in [0.15, 0.2) is 0 Å². The third kappa shape index (κ3) is 6.09. The Morgan fingerprint density at radius 2 is 2.00 bits per heavy atom. The Kier molecular flexibility index (Phi) is 6.62. The van der Waals surface area contributed by atoms with Gasteiger partial charge in [0, 0.05) is 6.08 Å². The first-order valence-electron chi connectivity index (χ1n) is 6.33. The Labute approximate surface area is 108 Å². The molecule has 1 aromatic rings. The summed E-state index contributed by atoms with van der Waals surface area (Å²) in [5.41, 5.74) is 1.29. The first-order valence-corrected chi connectivity index (χ1v) is 6.33. The second kappa shape index (κ2) is 8.34. The average molecular weight is 248 g/mol. The topological polar surface area (TPSA) is 46.5 Å². The van der Waals surface area contributed by atoms with Crippen molar-refractivity contribution >= 4 is 5.97 Å². The lowest BCUT2D eigenvalue weighted by Gasteiger charge is -2.04. The van der Waals surface area contributed by atoms with Gasteiger partial charge in [-0.15, -0.1) is 0 Å². The minimum absolute atomic E-state index is 0.690. The lowest BCUT2D eigenvalue weighted by molar-refractivity contribution is -0.131. The van der Waals surface area contributed by atoms with Crippen LogP contribution >= 0.6 is 0 Å². The number of carboxylic acid groups (broad SMARTS) is 1. The van der Waals surface area contributed by atoms with Gasteiger partial charge in [0.2, 0.25) is 0 Å². The number of benzene rings is 1. The second-order valence-electron chi connectivity index (χ2n) is 4.06. The first kappa shape index (κ1) is 14.3. The molecule has 0 atom stereocenters. The molecular formula is C15H20O3. The van der Waals surface area contributed by atoms with Crippen LogP contribution in [0.2, 0.25) is 0 Å². The molecule has 98 valence electrons. The summed E-state index contributed by atoms with van der Waals surface area (Å²) in [5.74, 6) is 0.0344. The van der Waals surface area contributed by atoms with Gasteiger partial charge in [-0.1, -0.05) is 18.2 Å². The van der Waals surface area contributed by atoms with E-state index in [1.807, 2.05) is 19.1 Å². The standard InChI is InChI=1S/C15H20O3/c1-2-18-14-11-9-13(10-12-14)7-5-3-4-6-8-15(16)17/h6,8-12H,2-5,7H2,1H3,(H,16,17). The van der Waals surface area contributed by atoms with Gasteiger partial charge in [-0.3, -0.25) is 0 Å². The quantitative estimate of drug-likeness (QED) is 0.566. The molecule has 3 nitrogen and oxygen atoms in total. The van der Waals surface area contributed by atoms with Crippen LogP contribution in [0.15, 0.2) is 36.4 Å². The molecule has 0 heterocycles. The molecule has 0 fully saturated rings. The summed E-state index contributed by atoms with van der Waals surface area (Å²) in [5, 5.41) is 8.42. The molecule has 1 aromatic carbocycles. The van der Waals surface area contributed by atoms with Crippen molar-refractivity contribution in [2.75, 3.05) is 6.61 Å². The molecule has 1 N–H and O–H groups in total. The molecule has 0 spiro atoms. The summed E-state index contributed by atoms with van der Waals surface area (Å²) < 4.78 is 5.38. The van der Waals surface area contributed by atoms with Gasteiger partial charge < -0.3 is 9.84 Å². The summed E-state index contributed by atoms with van der Waals surface area (Å²) in [6.07, 6.45) is 6.84. The molecule has 0 saturated carbocycles. The number of hydrogen-bond donors (Lipinski definition) is 1. The third-order valence-electron chi connectivity index (χ3n) is 2.58. The first-order chi connectivity index (χ1) is 8.72. The number of carboxylic acids is 1. The number of allylic oxidation sites excluding steroid dienone is 1. The largest absolute Gasteiger partial charge is 0.494 e. The van der Waals surface area contributed by atoms with Crippen LogP contribution in [0, 0.1) is 0 Å². The molecule has 0 saturated heterocycles. The fourth-order valence-electron chi connectivity index (χ4n) is 1.69. The molecule has 0 bridgehead atoms. The Morgan fingerprint density at radius 1 is 1.28 bits per heavy atom. The van der Waals surface area contributed by atoms with E-state index in [1.54, 1.807) is 6.08 Å². The van der Waals surface area contributed by atoms with E-state index in [0.29, 0.717) is 6.61 Å². The van der Waals surface area contributed by atoms with Gasteiger partial charge in [-0.2, -0.15) is 0 Å². The van der Waals surface area contributed by atoms with Crippen molar-refractivity contribution in [3.05, 3.63) is 42.0 Å². The molecule has 1 rings (SSSR count). The maximum absolute atomic E-state index is 10.2. The van der Waals surface area contributed by atoms with E-state index < -0.39 is 5.97 Å². The number of unbranched alkanes of at least 4 members (excludes halogenated alkanes) is 2. The lowest BCUT2D eigenvalue weighted by Crippen LogP contribution is -1.92. The van der Waals surface area contributed by atoms with Crippen LogP contribution in [0.3, 0.4) is 0 Å². The Bertz CT molecular complexity index is 379. The monoisotopic (exact) mass is 248 g/mol. The van der Waals surface area contributed by atoms with Crippen LogP contribution in [0.25, 0.3) is 0 Å². The molecule has 0 radical (unpaired) electrons. The van der Waals surface area contributed by atoms with E-state index >= 15 is 0 Å². The van der Waals surface area contributed by atoms with Gasteiger partial charge >= 0.3 is 5.97 Å². The molecule has 18 heavy (non-hydrogen) atoms. The van der Waals surface area contributed by atoms with E-state index in [-0.39, 0.29) is 0 Å². The van der Waals surface area contributed by atoms with E-state index in [4.69, 9.17) is 9.84 Å². The summed E-state index contributed by atoms with van der Waals surface area (Å²) in [6.45, 7) is 2.66. The maximum Gasteiger partial charge on any atom is 0.327 e. The number of aryl methyl sites for hydroxylation is 1. The number of hydrogen-bond acceptors (Lipinski definition) is 2. The van der Waals surface area contributed by atoms with Crippen molar-refractivity contribution in [2.45, 2.75) is 32.6 Å². The summed E-state index contributed by atoms with van der Waals surface area (Å²) in [7, 11) is 0. The molecule has 0 aromatic heterocycles. The highest BCUT2D eigenvalue weighted by molar-refractivity contribution is 5.79.